The van der Waals surface area contributed by atoms with E-state index in [0.717, 1.165) is 45.7 Å². The molecule has 28 heavy (non-hydrogen) atoms. The van der Waals surface area contributed by atoms with Gasteiger partial charge in [-0.1, -0.05) is 30.8 Å². The highest BCUT2D eigenvalue weighted by atomic mass is 32.2. The number of carbonyl (C=O) groups excluding carboxylic acids is 1. The molecule has 0 bridgehead atoms. The molecule has 6 heteroatoms. The maximum absolute atomic E-state index is 12.6. The second-order valence-electron chi connectivity index (χ2n) is 7.69. The minimum absolute atomic E-state index is 0.000773. The number of nitrogens with one attached hydrogen (secondary N) is 1. The molecule has 4 rings (SSSR count). The van der Waals surface area contributed by atoms with E-state index in [1.54, 1.807) is 0 Å². The van der Waals surface area contributed by atoms with Gasteiger partial charge in [0, 0.05) is 16.0 Å². The third-order valence-electron chi connectivity index (χ3n) is 5.45. The number of hydrogen-bond donors (Lipinski definition) is 1. The van der Waals surface area contributed by atoms with Gasteiger partial charge in [0.25, 0.3) is 0 Å². The number of hydrogen-bond acceptors (Lipinski definition) is 5. The lowest BCUT2D eigenvalue weighted by molar-refractivity contribution is -0.113. The van der Waals surface area contributed by atoms with Crippen molar-refractivity contribution in [3.8, 4) is 0 Å². The number of carbonyl (C=O) groups is 1. The van der Waals surface area contributed by atoms with Gasteiger partial charge in [0.2, 0.25) is 5.91 Å². The number of aryl methyl sites for hydroxylation is 3. The van der Waals surface area contributed by atoms with E-state index in [1.807, 2.05) is 37.3 Å². The van der Waals surface area contributed by atoms with Crippen LogP contribution in [0.3, 0.4) is 0 Å². The molecule has 3 aromatic rings. The number of benzene rings is 1. The van der Waals surface area contributed by atoms with E-state index >= 15 is 0 Å². The molecule has 0 saturated carbocycles. The normalized spacial score (nSPS) is 16.2. The van der Waals surface area contributed by atoms with Crippen molar-refractivity contribution in [1.82, 2.24) is 9.97 Å². The fourth-order valence-corrected chi connectivity index (χ4v) is 6.12. The minimum atomic E-state index is 0.000773. The van der Waals surface area contributed by atoms with Crippen molar-refractivity contribution in [2.75, 3.05) is 11.1 Å². The second-order valence-corrected chi connectivity index (χ2v) is 9.74. The van der Waals surface area contributed by atoms with E-state index in [-0.39, 0.29) is 5.91 Å². The first-order chi connectivity index (χ1) is 13.4. The smallest absolute Gasteiger partial charge is 0.234 e. The van der Waals surface area contributed by atoms with Gasteiger partial charge < -0.3 is 5.32 Å². The van der Waals surface area contributed by atoms with Gasteiger partial charge in [-0.05, 0) is 68.7 Å². The fourth-order valence-electron chi connectivity index (χ4n) is 3.72. The third-order valence-corrected chi connectivity index (χ3v) is 7.58. The Kier molecular flexibility index (Phi) is 5.43. The maximum atomic E-state index is 12.6. The predicted molar refractivity (Wildman–Crippen MR) is 119 cm³/mol. The number of amides is 1. The molecule has 0 fully saturated rings. The van der Waals surface area contributed by atoms with E-state index in [4.69, 9.17) is 0 Å². The molecule has 0 radical (unpaired) electrons. The Bertz CT molecular complexity index is 1060. The number of thiophene rings is 1. The zero-order valence-electron chi connectivity index (χ0n) is 16.8. The topological polar surface area (TPSA) is 54.9 Å². The van der Waals surface area contributed by atoms with Gasteiger partial charge >= 0.3 is 0 Å². The first-order valence-electron chi connectivity index (χ1n) is 9.70. The number of thioether (sulfide) groups is 1. The molecule has 2 aromatic heterocycles. The van der Waals surface area contributed by atoms with Gasteiger partial charge in [-0.2, -0.15) is 0 Å². The Balaban J connectivity index is 1.56. The Morgan fingerprint density at radius 2 is 2.11 bits per heavy atom. The molecule has 0 aliphatic heterocycles. The van der Waals surface area contributed by atoms with E-state index < -0.39 is 0 Å². The molecule has 1 aromatic carbocycles. The van der Waals surface area contributed by atoms with Crippen LogP contribution in [0, 0.1) is 26.7 Å². The number of aromatic nitrogens is 2. The summed E-state index contributed by atoms with van der Waals surface area (Å²) in [5.74, 6) is 1.85. The van der Waals surface area contributed by atoms with E-state index in [0.29, 0.717) is 5.75 Å². The van der Waals surface area contributed by atoms with E-state index in [1.165, 1.54) is 39.6 Å². The van der Waals surface area contributed by atoms with Crippen molar-refractivity contribution in [3.05, 3.63) is 45.6 Å². The molecule has 1 unspecified atom stereocenters. The van der Waals surface area contributed by atoms with Gasteiger partial charge in [-0.15, -0.1) is 11.3 Å². The predicted octanol–water partition coefficient (Wildman–Crippen LogP) is 5.47. The molecule has 1 aliphatic rings. The van der Waals surface area contributed by atoms with Crippen LogP contribution in [0.25, 0.3) is 10.2 Å². The van der Waals surface area contributed by atoms with Crippen LogP contribution in [0.2, 0.25) is 0 Å². The molecule has 0 saturated heterocycles. The van der Waals surface area contributed by atoms with Crippen LogP contribution < -0.4 is 5.32 Å². The Labute approximate surface area is 174 Å². The number of fused-ring (bicyclic) bond motifs is 3. The summed E-state index contributed by atoms with van der Waals surface area (Å²) < 4.78 is 0. The first kappa shape index (κ1) is 19.4. The first-order valence-corrected chi connectivity index (χ1v) is 11.5. The summed E-state index contributed by atoms with van der Waals surface area (Å²) in [5, 5.41) is 5.18. The fraction of sp³-hybridized carbons (Fsp3) is 0.409. The molecule has 1 atom stereocenters. The summed E-state index contributed by atoms with van der Waals surface area (Å²) in [4.78, 5) is 24.5. The molecule has 1 amide bonds. The summed E-state index contributed by atoms with van der Waals surface area (Å²) in [5.41, 5.74) is 4.59. The van der Waals surface area contributed by atoms with Gasteiger partial charge in [0.05, 0.1) is 5.75 Å². The quantitative estimate of drug-likeness (QED) is 0.457. The maximum Gasteiger partial charge on any atom is 0.234 e. The summed E-state index contributed by atoms with van der Waals surface area (Å²) in [6.45, 7) is 8.34. The summed E-state index contributed by atoms with van der Waals surface area (Å²) in [7, 11) is 0. The summed E-state index contributed by atoms with van der Waals surface area (Å²) in [6.07, 6.45) is 3.43. The van der Waals surface area contributed by atoms with Gasteiger partial charge in [0.1, 0.15) is 15.7 Å². The van der Waals surface area contributed by atoms with Crippen LogP contribution in [0.1, 0.15) is 40.7 Å². The SMILES string of the molecule is Cc1nc(SCC(=O)Nc2cccc(C)c2C)c2c3c(sc2n1)CC(C)CC3. The largest absolute Gasteiger partial charge is 0.325 e. The molecule has 2 heterocycles. The highest BCUT2D eigenvalue weighted by molar-refractivity contribution is 8.00. The Morgan fingerprint density at radius 1 is 1.29 bits per heavy atom. The van der Waals surface area contributed by atoms with Crippen molar-refractivity contribution < 1.29 is 4.79 Å². The minimum Gasteiger partial charge on any atom is -0.325 e. The van der Waals surface area contributed by atoms with Gasteiger partial charge in [0.15, 0.2) is 0 Å². The van der Waals surface area contributed by atoms with Gasteiger partial charge in [-0.3, -0.25) is 4.79 Å². The van der Waals surface area contributed by atoms with Gasteiger partial charge in [-0.25, -0.2) is 9.97 Å². The average Bonchev–Trinajstić information content (AvgIpc) is 3.00. The van der Waals surface area contributed by atoms with E-state index in [9.17, 15) is 4.79 Å². The molecule has 4 nitrogen and oxygen atoms in total. The molecular formula is C22H25N3OS2. The number of anilines is 1. The lowest BCUT2D eigenvalue weighted by atomic mass is 9.89. The average molecular weight is 412 g/mol. The van der Waals surface area contributed by atoms with Crippen molar-refractivity contribution in [1.29, 1.82) is 0 Å². The second kappa shape index (κ2) is 7.84. The van der Waals surface area contributed by atoms with Crippen LogP contribution in [-0.2, 0) is 17.6 Å². The monoisotopic (exact) mass is 411 g/mol. The Morgan fingerprint density at radius 3 is 2.93 bits per heavy atom. The van der Waals surface area contributed by atoms with Crippen LogP contribution in [0.5, 0.6) is 0 Å². The lowest BCUT2D eigenvalue weighted by Crippen LogP contribution is -2.15. The van der Waals surface area contributed by atoms with Crippen LogP contribution in [0.15, 0.2) is 23.2 Å². The van der Waals surface area contributed by atoms with Crippen molar-refractivity contribution >= 4 is 44.9 Å². The number of rotatable bonds is 4. The zero-order valence-corrected chi connectivity index (χ0v) is 18.4. The van der Waals surface area contributed by atoms with Crippen molar-refractivity contribution in [2.45, 2.75) is 52.0 Å². The zero-order chi connectivity index (χ0) is 19.8. The van der Waals surface area contributed by atoms with E-state index in [2.05, 4.69) is 35.2 Å². The van der Waals surface area contributed by atoms with Crippen LogP contribution in [-0.4, -0.2) is 21.6 Å². The summed E-state index contributed by atoms with van der Waals surface area (Å²) in [6, 6.07) is 5.98. The number of nitrogens with zero attached hydrogens (tertiary/aromatic N) is 2. The molecule has 146 valence electrons. The molecule has 1 aliphatic carbocycles. The third kappa shape index (κ3) is 3.80. The summed E-state index contributed by atoms with van der Waals surface area (Å²) >= 11 is 3.33. The van der Waals surface area contributed by atoms with Crippen molar-refractivity contribution in [2.24, 2.45) is 5.92 Å². The van der Waals surface area contributed by atoms with Crippen LogP contribution >= 0.6 is 23.1 Å². The Hall–Kier alpha value is -1.92. The molecular weight excluding hydrogens is 386 g/mol. The van der Waals surface area contributed by atoms with Crippen LogP contribution in [0.4, 0.5) is 5.69 Å². The highest BCUT2D eigenvalue weighted by Crippen LogP contribution is 2.40. The highest BCUT2D eigenvalue weighted by Gasteiger charge is 2.24. The standard InChI is InChI=1S/C22H25N3OS2/c1-12-8-9-16-18(10-12)28-22-20(16)21(23-15(4)24-22)27-11-19(26)25-17-7-5-6-13(2)14(17)3/h5-7,12H,8-11H2,1-4H3,(H,25,26). The van der Waals surface area contributed by atoms with Crippen molar-refractivity contribution in [3.63, 3.8) is 0 Å². The lowest BCUT2D eigenvalue weighted by Gasteiger charge is -2.18. The molecule has 0 spiro atoms. The molecule has 1 N–H and O–H groups in total.